The van der Waals surface area contributed by atoms with Crippen LogP contribution in [0.15, 0.2) is 0 Å². The molecule has 0 radical (unpaired) electrons. The van der Waals surface area contributed by atoms with E-state index in [-0.39, 0.29) is 19.5 Å². The highest BCUT2D eigenvalue weighted by atomic mass is 32.2. The van der Waals surface area contributed by atoms with Gasteiger partial charge in [-0.2, -0.15) is 5.26 Å². The average Bonchev–Trinajstić information content (AvgIpc) is 2.26. The van der Waals surface area contributed by atoms with Crippen molar-refractivity contribution in [3.63, 3.8) is 0 Å². The number of hydrogen-bond acceptors (Lipinski definition) is 4. The summed E-state index contributed by atoms with van der Waals surface area (Å²) in [6, 6.07) is 1.73. The quantitative estimate of drug-likeness (QED) is 0.726. The van der Waals surface area contributed by atoms with E-state index in [2.05, 4.69) is 0 Å². The van der Waals surface area contributed by atoms with Gasteiger partial charge < -0.3 is 5.11 Å². The Morgan fingerprint density at radius 2 is 2.00 bits per heavy atom. The minimum absolute atomic E-state index is 0.105. The molecule has 0 aromatic heterocycles. The number of sulfonamides is 1. The number of hydrogen-bond donors (Lipinski definition) is 1. The average molecular weight is 262 g/mol. The topological polar surface area (TPSA) is 98.5 Å². The number of carboxylic acid groups (broad SMARTS) is 1. The third-order valence-electron chi connectivity index (χ3n) is 2.49. The Balaban J connectivity index is 5.01. The van der Waals surface area contributed by atoms with Crippen molar-refractivity contribution in [2.45, 2.75) is 32.4 Å². The second kappa shape index (κ2) is 6.57. The summed E-state index contributed by atoms with van der Waals surface area (Å²) in [6.45, 7) is 4.73. The van der Waals surface area contributed by atoms with E-state index < -0.39 is 27.2 Å². The van der Waals surface area contributed by atoms with Crippen LogP contribution in [0.3, 0.4) is 0 Å². The fourth-order valence-corrected chi connectivity index (χ4v) is 3.05. The number of nitriles is 1. The lowest BCUT2D eigenvalue weighted by Gasteiger charge is -2.24. The maximum Gasteiger partial charge on any atom is 0.307 e. The summed E-state index contributed by atoms with van der Waals surface area (Å²) in [5.41, 5.74) is 0. The van der Waals surface area contributed by atoms with E-state index in [9.17, 15) is 13.2 Å². The van der Waals surface area contributed by atoms with E-state index >= 15 is 0 Å². The molecule has 0 spiro atoms. The maximum atomic E-state index is 12.0. The molecule has 1 N–H and O–H groups in total. The largest absolute Gasteiger partial charge is 0.481 e. The summed E-state index contributed by atoms with van der Waals surface area (Å²) in [5, 5.41) is 16.4. The molecule has 0 aliphatic heterocycles. The lowest BCUT2D eigenvalue weighted by Crippen LogP contribution is -2.41. The highest BCUT2D eigenvalue weighted by molar-refractivity contribution is 7.90. The predicted molar refractivity (Wildman–Crippen MR) is 62.7 cm³/mol. The van der Waals surface area contributed by atoms with Crippen LogP contribution >= 0.6 is 0 Å². The molecule has 0 heterocycles. The van der Waals surface area contributed by atoms with Crippen molar-refractivity contribution >= 4 is 16.0 Å². The van der Waals surface area contributed by atoms with Gasteiger partial charge in [-0.3, -0.25) is 4.79 Å². The molecule has 0 bridgehead atoms. The molecule has 98 valence electrons. The Hall–Kier alpha value is -1.13. The van der Waals surface area contributed by atoms with E-state index in [1.165, 1.54) is 6.92 Å². The highest BCUT2D eigenvalue weighted by Crippen LogP contribution is 2.14. The lowest BCUT2D eigenvalue weighted by atomic mass is 10.2. The second-order valence-corrected chi connectivity index (χ2v) is 5.88. The number of carbonyl (C=O) groups is 1. The molecule has 7 heteroatoms. The first-order valence-electron chi connectivity index (χ1n) is 5.42. The molecule has 17 heavy (non-hydrogen) atoms. The summed E-state index contributed by atoms with van der Waals surface area (Å²) < 4.78 is 25.0. The zero-order chi connectivity index (χ0) is 13.6. The molecule has 0 fully saturated rings. The Morgan fingerprint density at radius 3 is 2.29 bits per heavy atom. The van der Waals surface area contributed by atoms with E-state index in [0.717, 1.165) is 4.31 Å². The molecule has 0 saturated heterocycles. The first kappa shape index (κ1) is 15.9. The van der Waals surface area contributed by atoms with E-state index in [1.807, 2.05) is 0 Å². The van der Waals surface area contributed by atoms with Gasteiger partial charge in [-0.15, -0.1) is 0 Å². The smallest absolute Gasteiger partial charge is 0.307 e. The lowest BCUT2D eigenvalue weighted by molar-refractivity contribution is -0.141. The summed E-state index contributed by atoms with van der Waals surface area (Å²) >= 11 is 0. The molecule has 0 aromatic rings. The highest BCUT2D eigenvalue weighted by Gasteiger charge is 2.31. The van der Waals surface area contributed by atoms with Crippen molar-refractivity contribution in [1.82, 2.24) is 4.31 Å². The zero-order valence-corrected chi connectivity index (χ0v) is 11.1. The van der Waals surface area contributed by atoms with Gasteiger partial charge in [-0.25, -0.2) is 12.7 Å². The number of carboxylic acids is 1. The number of rotatable bonds is 7. The third kappa shape index (κ3) is 3.98. The van der Waals surface area contributed by atoms with Crippen LogP contribution in [0.5, 0.6) is 0 Å². The van der Waals surface area contributed by atoms with Gasteiger partial charge in [0.1, 0.15) is 0 Å². The first-order valence-corrected chi connectivity index (χ1v) is 6.92. The molecular weight excluding hydrogens is 244 g/mol. The van der Waals surface area contributed by atoms with Crippen LogP contribution in [0.2, 0.25) is 0 Å². The molecule has 6 nitrogen and oxygen atoms in total. The van der Waals surface area contributed by atoms with Crippen molar-refractivity contribution < 1.29 is 18.3 Å². The molecule has 2 unspecified atom stereocenters. The molecule has 0 aliphatic rings. The minimum atomic E-state index is -3.73. The summed E-state index contributed by atoms with van der Waals surface area (Å²) in [7, 11) is -3.73. The fraction of sp³-hybridized carbons (Fsp3) is 0.800. The van der Waals surface area contributed by atoms with Crippen LogP contribution in [0.1, 0.15) is 27.2 Å². The van der Waals surface area contributed by atoms with Crippen molar-refractivity contribution in [1.29, 1.82) is 5.26 Å². The standard InChI is InChI=1S/C10H18N2O4S/c1-4-9(6-11)17(15,16)12(5-2)7-8(3)10(13)14/h8-9H,4-5,7H2,1-3H3,(H,13,14). The summed E-state index contributed by atoms with van der Waals surface area (Å²) in [5.74, 6) is -1.84. The van der Waals surface area contributed by atoms with E-state index in [1.54, 1.807) is 19.9 Å². The first-order chi connectivity index (χ1) is 7.81. The second-order valence-electron chi connectivity index (χ2n) is 3.76. The third-order valence-corrected chi connectivity index (χ3v) is 4.77. The fourth-order valence-electron chi connectivity index (χ4n) is 1.34. The Bertz CT molecular complexity index is 399. The van der Waals surface area contributed by atoms with E-state index in [4.69, 9.17) is 10.4 Å². The zero-order valence-electron chi connectivity index (χ0n) is 10.3. The normalized spacial score (nSPS) is 15.2. The number of aliphatic carboxylic acids is 1. The molecule has 0 aromatic carbocycles. The van der Waals surface area contributed by atoms with Crippen LogP contribution in [-0.2, 0) is 14.8 Å². The van der Waals surface area contributed by atoms with Crippen molar-refractivity contribution in [3.05, 3.63) is 0 Å². The molecular formula is C10H18N2O4S. The monoisotopic (exact) mass is 262 g/mol. The molecule has 0 aliphatic carbocycles. The minimum Gasteiger partial charge on any atom is -0.481 e. The Morgan fingerprint density at radius 1 is 1.47 bits per heavy atom. The summed E-state index contributed by atoms with van der Waals surface area (Å²) in [6.07, 6.45) is 0.191. The van der Waals surface area contributed by atoms with Crippen LogP contribution in [0, 0.1) is 17.2 Å². The summed E-state index contributed by atoms with van der Waals surface area (Å²) in [4.78, 5) is 10.7. The maximum absolute atomic E-state index is 12.0. The van der Waals surface area contributed by atoms with Gasteiger partial charge >= 0.3 is 5.97 Å². The number of nitrogens with zero attached hydrogens (tertiary/aromatic N) is 2. The van der Waals surface area contributed by atoms with Gasteiger partial charge in [0.25, 0.3) is 0 Å². The van der Waals surface area contributed by atoms with E-state index in [0.29, 0.717) is 0 Å². The Kier molecular flexibility index (Phi) is 6.13. The molecule has 0 saturated carbocycles. The van der Waals surface area contributed by atoms with Crippen LogP contribution in [0.4, 0.5) is 0 Å². The SMILES string of the molecule is CCC(C#N)S(=O)(=O)N(CC)CC(C)C(=O)O. The predicted octanol–water partition coefficient (Wildman–Crippen LogP) is 0.661. The van der Waals surface area contributed by atoms with Gasteiger partial charge in [-0.1, -0.05) is 20.8 Å². The van der Waals surface area contributed by atoms with Crippen molar-refractivity contribution in [2.75, 3.05) is 13.1 Å². The Labute approximate surface area is 102 Å². The van der Waals surface area contributed by atoms with Crippen LogP contribution < -0.4 is 0 Å². The van der Waals surface area contributed by atoms with Gasteiger partial charge in [0, 0.05) is 13.1 Å². The molecule has 0 rings (SSSR count). The van der Waals surface area contributed by atoms with Gasteiger partial charge in [-0.05, 0) is 6.42 Å². The van der Waals surface area contributed by atoms with Gasteiger partial charge in [0.15, 0.2) is 5.25 Å². The van der Waals surface area contributed by atoms with Gasteiger partial charge in [0.2, 0.25) is 10.0 Å². The molecule has 0 amide bonds. The van der Waals surface area contributed by atoms with Crippen molar-refractivity contribution in [3.8, 4) is 6.07 Å². The van der Waals surface area contributed by atoms with Crippen molar-refractivity contribution in [2.24, 2.45) is 5.92 Å². The van der Waals surface area contributed by atoms with Crippen LogP contribution in [-0.4, -0.2) is 42.1 Å². The van der Waals surface area contributed by atoms with Crippen LogP contribution in [0.25, 0.3) is 0 Å². The van der Waals surface area contributed by atoms with Gasteiger partial charge in [0.05, 0.1) is 12.0 Å². The molecule has 2 atom stereocenters.